The second-order valence-corrected chi connectivity index (χ2v) is 14.8. The van der Waals surface area contributed by atoms with Gasteiger partial charge >= 0.3 is 0 Å². The predicted octanol–water partition coefficient (Wildman–Crippen LogP) is 11.6. The van der Waals surface area contributed by atoms with E-state index < -0.39 is 5.41 Å². The third kappa shape index (κ3) is 4.06. The van der Waals surface area contributed by atoms with E-state index >= 15 is 0 Å². The van der Waals surface area contributed by atoms with Crippen LogP contribution < -0.4 is 0 Å². The largest absolute Gasteiger partial charge is 0.252 e. The summed E-state index contributed by atoms with van der Waals surface area (Å²) in [6, 6.07) is 48.8. The Hall–Kier alpha value is -6.08. The quantitative estimate of drug-likeness (QED) is 0.185. The van der Waals surface area contributed by atoms with Crippen LogP contribution in [0.5, 0.6) is 0 Å². The van der Waals surface area contributed by atoms with Gasteiger partial charge in [-0.15, -0.1) is 22.7 Å². The molecule has 51 heavy (non-hydrogen) atoms. The van der Waals surface area contributed by atoms with E-state index in [4.69, 9.17) is 9.97 Å². The van der Waals surface area contributed by atoms with Gasteiger partial charge in [0.05, 0.1) is 49.0 Å². The summed E-state index contributed by atoms with van der Waals surface area (Å²) < 4.78 is 0. The van der Waals surface area contributed by atoms with Gasteiger partial charge < -0.3 is 0 Å². The maximum Gasteiger partial charge on any atom is 0.0825 e. The summed E-state index contributed by atoms with van der Waals surface area (Å²) in [5, 5.41) is 2.42. The molecular formula is C45H26N4S2. The van der Waals surface area contributed by atoms with Gasteiger partial charge in [0.2, 0.25) is 0 Å². The number of aromatic nitrogens is 4. The summed E-state index contributed by atoms with van der Waals surface area (Å²) in [6.07, 6.45) is 3.79. The minimum atomic E-state index is -0.531. The van der Waals surface area contributed by atoms with Crippen molar-refractivity contribution in [2.45, 2.75) is 5.41 Å². The van der Waals surface area contributed by atoms with Crippen LogP contribution in [0.3, 0.4) is 0 Å². The van der Waals surface area contributed by atoms with E-state index in [9.17, 15) is 0 Å². The molecule has 11 rings (SSSR count). The van der Waals surface area contributed by atoms with E-state index in [1.807, 2.05) is 23.4 Å². The minimum absolute atomic E-state index is 0.531. The van der Waals surface area contributed by atoms with Gasteiger partial charge in [0.1, 0.15) is 0 Å². The summed E-state index contributed by atoms with van der Waals surface area (Å²) in [7, 11) is 0. The van der Waals surface area contributed by atoms with Gasteiger partial charge in [0, 0.05) is 23.5 Å². The van der Waals surface area contributed by atoms with E-state index in [1.54, 1.807) is 22.7 Å². The molecule has 6 heteroatoms. The second kappa shape index (κ2) is 11.0. The van der Waals surface area contributed by atoms with Crippen molar-refractivity contribution in [3.05, 3.63) is 179 Å². The van der Waals surface area contributed by atoms with Crippen molar-refractivity contribution < 1.29 is 0 Å². The predicted molar refractivity (Wildman–Crippen MR) is 209 cm³/mol. The lowest BCUT2D eigenvalue weighted by atomic mass is 9.69. The van der Waals surface area contributed by atoms with Gasteiger partial charge in [-0.25, -0.2) is 9.97 Å². The third-order valence-electron chi connectivity index (χ3n) is 10.5. The lowest BCUT2D eigenvalue weighted by Gasteiger charge is -2.31. The molecule has 9 aromatic rings. The first-order valence-corrected chi connectivity index (χ1v) is 18.7. The minimum Gasteiger partial charge on any atom is -0.252 e. The molecule has 0 aliphatic heterocycles. The molecule has 2 aliphatic carbocycles. The standard InChI is InChI=1S/C45H26N4S2/c1-2-12-31-28(9-1)33(39-16-8-18-41(49-39)43-24-47-26-51-43)22-37-44(31)32-20-19-27(38-15-7-17-40(48-38)42-23-46-25-50-42)21-36(32)45(37)34-13-5-3-10-29(34)30-11-4-6-14-35(30)45/h1-26H. The number of hydrogen-bond donors (Lipinski definition) is 0. The Labute approximate surface area is 302 Å². The van der Waals surface area contributed by atoms with Gasteiger partial charge in [0.15, 0.2) is 0 Å². The molecule has 4 aromatic heterocycles. The first-order chi connectivity index (χ1) is 25.3. The normalized spacial score (nSPS) is 13.3. The molecule has 0 amide bonds. The van der Waals surface area contributed by atoms with Crippen LogP contribution in [-0.2, 0) is 5.41 Å². The van der Waals surface area contributed by atoms with Crippen molar-refractivity contribution in [2.75, 3.05) is 0 Å². The number of rotatable bonds is 4. The van der Waals surface area contributed by atoms with Gasteiger partial charge in [0.25, 0.3) is 0 Å². The van der Waals surface area contributed by atoms with Crippen LogP contribution in [-0.4, -0.2) is 19.9 Å². The number of fused-ring (bicyclic) bond motifs is 12. The Morgan fingerprint density at radius 2 is 1.00 bits per heavy atom. The lowest BCUT2D eigenvalue weighted by Crippen LogP contribution is -2.26. The fraction of sp³-hybridized carbons (Fsp3) is 0.0222. The van der Waals surface area contributed by atoms with Crippen LogP contribution in [0.1, 0.15) is 22.3 Å². The molecule has 1 spiro atoms. The number of thiazole rings is 2. The number of nitrogens with zero attached hydrogens (tertiary/aromatic N) is 4. The Morgan fingerprint density at radius 1 is 0.412 bits per heavy atom. The highest BCUT2D eigenvalue weighted by Gasteiger charge is 2.52. The highest BCUT2D eigenvalue weighted by Crippen LogP contribution is 2.64. The highest BCUT2D eigenvalue weighted by atomic mass is 32.1. The molecule has 0 atom stereocenters. The molecule has 0 N–H and O–H groups in total. The molecule has 0 unspecified atom stereocenters. The van der Waals surface area contributed by atoms with E-state index in [-0.39, 0.29) is 0 Å². The van der Waals surface area contributed by atoms with Crippen LogP contribution in [0.25, 0.3) is 76.7 Å². The van der Waals surface area contributed by atoms with Gasteiger partial charge in [-0.05, 0) is 91.7 Å². The molecular weight excluding hydrogens is 661 g/mol. The molecule has 0 fully saturated rings. The lowest BCUT2D eigenvalue weighted by molar-refractivity contribution is 0.795. The smallest absolute Gasteiger partial charge is 0.0825 e. The molecule has 4 nitrogen and oxygen atoms in total. The van der Waals surface area contributed by atoms with Crippen LogP contribution in [0.15, 0.2) is 157 Å². The summed E-state index contributed by atoms with van der Waals surface area (Å²) in [4.78, 5) is 21.2. The molecule has 4 heterocycles. The van der Waals surface area contributed by atoms with Crippen molar-refractivity contribution in [3.8, 4) is 65.9 Å². The van der Waals surface area contributed by atoms with Crippen molar-refractivity contribution in [3.63, 3.8) is 0 Å². The zero-order valence-electron chi connectivity index (χ0n) is 27.1. The van der Waals surface area contributed by atoms with E-state index in [2.05, 4.69) is 143 Å². The monoisotopic (exact) mass is 686 g/mol. The summed E-state index contributed by atoms with van der Waals surface area (Å²) >= 11 is 3.22. The SMILES string of the molecule is c1cc(-c2ccc3c(c2)C2(c4ccccc4-c4ccccc42)c2cc(-c4cccc(-c5cncs5)n4)c4ccccc4c2-3)nc(-c2cncs2)c1. The fourth-order valence-corrected chi connectivity index (χ4v) is 9.69. The average molecular weight is 687 g/mol. The molecule has 5 aromatic carbocycles. The van der Waals surface area contributed by atoms with Crippen LogP contribution in [0.4, 0.5) is 0 Å². The summed E-state index contributed by atoms with van der Waals surface area (Å²) in [5.74, 6) is 0. The average Bonchev–Trinajstić information content (AvgIpc) is 4.02. The van der Waals surface area contributed by atoms with E-state index in [0.29, 0.717) is 0 Å². The van der Waals surface area contributed by atoms with Crippen LogP contribution in [0.2, 0.25) is 0 Å². The van der Waals surface area contributed by atoms with Crippen LogP contribution >= 0.6 is 22.7 Å². The Bertz CT molecular complexity index is 2770. The van der Waals surface area contributed by atoms with Crippen molar-refractivity contribution in [1.29, 1.82) is 0 Å². The Morgan fingerprint density at radius 3 is 1.67 bits per heavy atom. The van der Waals surface area contributed by atoms with E-state index in [1.165, 1.54) is 55.3 Å². The first kappa shape index (κ1) is 28.7. The zero-order chi connectivity index (χ0) is 33.5. The molecule has 0 bridgehead atoms. The third-order valence-corrected chi connectivity index (χ3v) is 12.1. The number of hydrogen-bond acceptors (Lipinski definition) is 6. The topological polar surface area (TPSA) is 51.6 Å². The first-order valence-electron chi connectivity index (χ1n) is 16.9. The highest BCUT2D eigenvalue weighted by molar-refractivity contribution is 7.13. The van der Waals surface area contributed by atoms with Gasteiger partial charge in [-0.2, -0.15) is 0 Å². The number of benzene rings is 5. The van der Waals surface area contributed by atoms with Gasteiger partial charge in [-0.3, -0.25) is 9.97 Å². The molecule has 238 valence electrons. The van der Waals surface area contributed by atoms with E-state index in [0.717, 1.165) is 43.7 Å². The molecule has 0 saturated heterocycles. The Balaban J connectivity index is 1.23. The van der Waals surface area contributed by atoms with Crippen molar-refractivity contribution in [2.24, 2.45) is 0 Å². The maximum absolute atomic E-state index is 5.26. The van der Waals surface area contributed by atoms with Crippen LogP contribution in [0, 0.1) is 0 Å². The molecule has 0 saturated carbocycles. The molecule has 0 radical (unpaired) electrons. The summed E-state index contributed by atoms with van der Waals surface area (Å²) in [5.41, 5.74) is 19.5. The van der Waals surface area contributed by atoms with Crippen molar-refractivity contribution >= 4 is 33.4 Å². The molecule has 2 aliphatic rings. The van der Waals surface area contributed by atoms with Gasteiger partial charge in [-0.1, -0.05) is 97.1 Å². The number of pyridine rings is 2. The summed E-state index contributed by atoms with van der Waals surface area (Å²) in [6.45, 7) is 0. The second-order valence-electron chi connectivity index (χ2n) is 13.0. The maximum atomic E-state index is 5.26. The fourth-order valence-electron chi connectivity index (χ4n) is 8.50. The van der Waals surface area contributed by atoms with Crippen molar-refractivity contribution in [1.82, 2.24) is 19.9 Å². The Kier molecular flexibility index (Phi) is 6.17. The zero-order valence-corrected chi connectivity index (χ0v) is 28.7.